The number of methoxy groups -OCH3 is 1. The van der Waals surface area contributed by atoms with Crippen molar-refractivity contribution in [2.75, 3.05) is 29.5 Å². The topological polar surface area (TPSA) is 101 Å². The van der Waals surface area contributed by atoms with Gasteiger partial charge in [0.2, 0.25) is 21.1 Å². The van der Waals surface area contributed by atoms with Gasteiger partial charge in [0, 0.05) is 11.6 Å². The van der Waals surface area contributed by atoms with E-state index in [0.29, 0.717) is 21.6 Å². The molecule has 0 bridgehead atoms. The number of aromatic nitrogens is 2. The van der Waals surface area contributed by atoms with Crippen LogP contribution in [0.1, 0.15) is 5.56 Å². The van der Waals surface area contributed by atoms with Gasteiger partial charge in [0.1, 0.15) is 17.3 Å². The van der Waals surface area contributed by atoms with E-state index in [2.05, 4.69) is 15.5 Å². The van der Waals surface area contributed by atoms with Crippen LogP contribution in [0.15, 0.2) is 48.5 Å². The number of hydrogen-bond acceptors (Lipinski definition) is 7. The Bertz CT molecular complexity index is 1110. The van der Waals surface area contributed by atoms with Gasteiger partial charge in [-0.05, 0) is 19.1 Å². The van der Waals surface area contributed by atoms with E-state index in [1.165, 1.54) is 18.4 Å². The molecule has 0 saturated carbocycles. The quantitative estimate of drug-likeness (QED) is 0.616. The highest BCUT2D eigenvalue weighted by atomic mass is 32.2. The van der Waals surface area contributed by atoms with Gasteiger partial charge < -0.3 is 4.74 Å². The van der Waals surface area contributed by atoms with Crippen LogP contribution in [0.3, 0.4) is 0 Å². The van der Waals surface area contributed by atoms with Crippen molar-refractivity contribution in [3.05, 3.63) is 54.1 Å². The van der Waals surface area contributed by atoms with E-state index < -0.39 is 22.5 Å². The molecule has 0 aliphatic heterocycles. The lowest BCUT2D eigenvalue weighted by Gasteiger charge is -2.21. The maximum absolute atomic E-state index is 12.5. The summed E-state index contributed by atoms with van der Waals surface area (Å²) < 4.78 is 30.6. The first-order valence-electron chi connectivity index (χ1n) is 8.58. The van der Waals surface area contributed by atoms with Crippen molar-refractivity contribution < 1.29 is 17.9 Å². The monoisotopic (exact) mass is 432 g/mol. The summed E-state index contributed by atoms with van der Waals surface area (Å²) >= 11 is 1.21. The number of benzene rings is 2. The number of nitrogens with one attached hydrogen (secondary N) is 1. The molecule has 3 rings (SSSR count). The molecule has 0 aliphatic rings. The zero-order chi connectivity index (χ0) is 21.0. The van der Waals surface area contributed by atoms with Crippen molar-refractivity contribution >= 4 is 38.1 Å². The Morgan fingerprint density at radius 2 is 1.90 bits per heavy atom. The minimum atomic E-state index is -3.69. The zero-order valence-electron chi connectivity index (χ0n) is 16.1. The Kier molecular flexibility index (Phi) is 6.14. The molecule has 0 saturated heterocycles. The molecule has 0 unspecified atom stereocenters. The minimum absolute atomic E-state index is 0.296. The molecule has 0 fully saturated rings. The molecule has 0 spiro atoms. The zero-order valence-corrected chi connectivity index (χ0v) is 17.8. The molecule has 0 radical (unpaired) electrons. The summed E-state index contributed by atoms with van der Waals surface area (Å²) in [5.41, 5.74) is 2.35. The first-order chi connectivity index (χ1) is 13.8. The lowest BCUT2D eigenvalue weighted by atomic mass is 10.2. The molecule has 0 atom stereocenters. The number of nitrogens with zero attached hydrogens (tertiary/aromatic N) is 3. The highest BCUT2D eigenvalue weighted by Crippen LogP contribution is 2.27. The van der Waals surface area contributed by atoms with Crippen molar-refractivity contribution in [2.24, 2.45) is 0 Å². The fourth-order valence-electron chi connectivity index (χ4n) is 2.54. The molecular formula is C19H20N4O4S2. The summed E-state index contributed by atoms with van der Waals surface area (Å²) in [6.45, 7) is 1.59. The van der Waals surface area contributed by atoms with E-state index in [1.54, 1.807) is 24.3 Å². The molecule has 1 N–H and O–H groups in total. The molecule has 10 heteroatoms. The highest BCUT2D eigenvalue weighted by Gasteiger charge is 2.22. The van der Waals surface area contributed by atoms with Crippen LogP contribution >= 0.6 is 11.3 Å². The Morgan fingerprint density at radius 3 is 2.55 bits per heavy atom. The Morgan fingerprint density at radius 1 is 1.17 bits per heavy atom. The van der Waals surface area contributed by atoms with Gasteiger partial charge in [-0.2, -0.15) is 0 Å². The maximum Gasteiger partial charge on any atom is 0.246 e. The normalized spacial score (nSPS) is 11.1. The van der Waals surface area contributed by atoms with Crippen LogP contribution in [0.25, 0.3) is 10.6 Å². The van der Waals surface area contributed by atoms with Gasteiger partial charge in [-0.25, -0.2) is 8.42 Å². The number of amides is 1. The highest BCUT2D eigenvalue weighted by molar-refractivity contribution is 7.92. The van der Waals surface area contributed by atoms with Gasteiger partial charge in [-0.1, -0.05) is 47.2 Å². The van der Waals surface area contributed by atoms with E-state index in [1.807, 2.05) is 31.2 Å². The second kappa shape index (κ2) is 8.58. The van der Waals surface area contributed by atoms with Crippen molar-refractivity contribution in [1.29, 1.82) is 0 Å². The van der Waals surface area contributed by atoms with E-state index in [4.69, 9.17) is 4.74 Å². The number of rotatable bonds is 7. The molecule has 8 nitrogen and oxygen atoms in total. The fraction of sp³-hybridized carbons (Fsp3) is 0.211. The smallest absolute Gasteiger partial charge is 0.246 e. The predicted octanol–water partition coefficient (Wildman–Crippen LogP) is 2.93. The van der Waals surface area contributed by atoms with E-state index >= 15 is 0 Å². The fourth-order valence-corrected chi connectivity index (χ4v) is 4.15. The summed E-state index contributed by atoms with van der Waals surface area (Å²) in [6, 6.07) is 14.3. The van der Waals surface area contributed by atoms with Crippen molar-refractivity contribution in [1.82, 2.24) is 10.2 Å². The first kappa shape index (κ1) is 20.7. The molecule has 1 aromatic heterocycles. The van der Waals surface area contributed by atoms with Crippen molar-refractivity contribution in [3.63, 3.8) is 0 Å². The molecule has 3 aromatic rings. The van der Waals surface area contributed by atoms with E-state index in [9.17, 15) is 13.2 Å². The molecule has 29 heavy (non-hydrogen) atoms. The number of carbonyl (C=O) groups is 1. The van der Waals surface area contributed by atoms with Crippen LogP contribution in [-0.2, 0) is 14.8 Å². The van der Waals surface area contributed by atoms with Crippen LogP contribution in [0.2, 0.25) is 0 Å². The lowest BCUT2D eigenvalue weighted by molar-refractivity contribution is -0.114. The molecule has 0 aliphatic carbocycles. The van der Waals surface area contributed by atoms with Gasteiger partial charge in [-0.15, -0.1) is 10.2 Å². The molecule has 152 valence electrons. The van der Waals surface area contributed by atoms with Crippen LogP contribution in [0, 0.1) is 6.92 Å². The summed E-state index contributed by atoms with van der Waals surface area (Å²) in [5.74, 6) is -0.0340. The Hall–Kier alpha value is -2.98. The average molecular weight is 433 g/mol. The number of anilines is 2. The second-order valence-electron chi connectivity index (χ2n) is 6.30. The van der Waals surface area contributed by atoms with E-state index in [-0.39, 0.29) is 0 Å². The number of carbonyl (C=O) groups excluding carboxylic acids is 1. The van der Waals surface area contributed by atoms with Gasteiger partial charge in [0.15, 0.2) is 0 Å². The second-order valence-corrected chi connectivity index (χ2v) is 9.18. The Balaban J connectivity index is 1.75. The van der Waals surface area contributed by atoms with Gasteiger partial charge in [-0.3, -0.25) is 14.4 Å². The predicted molar refractivity (Wildman–Crippen MR) is 114 cm³/mol. The van der Waals surface area contributed by atoms with Crippen LogP contribution < -0.4 is 14.4 Å². The number of ether oxygens (including phenoxy) is 1. The van der Waals surface area contributed by atoms with Crippen LogP contribution in [-0.4, -0.2) is 44.4 Å². The third kappa shape index (κ3) is 5.30. The molecular weight excluding hydrogens is 412 g/mol. The standard InChI is InChI=1S/C19H20N4O4S2/c1-13-7-9-14(10-8-13)18-21-22-19(28-18)20-17(24)12-23(29(3,25)26)15-5-4-6-16(11-15)27-2/h4-11H,12H2,1-3H3,(H,20,22,24). The van der Waals surface area contributed by atoms with Gasteiger partial charge in [0.05, 0.1) is 19.1 Å². The van der Waals surface area contributed by atoms with E-state index in [0.717, 1.165) is 21.7 Å². The van der Waals surface area contributed by atoms with Crippen LogP contribution in [0.4, 0.5) is 10.8 Å². The molecule has 2 aromatic carbocycles. The first-order valence-corrected chi connectivity index (χ1v) is 11.2. The number of aryl methyl sites for hydroxylation is 1. The maximum atomic E-state index is 12.5. The summed E-state index contributed by atoms with van der Waals surface area (Å²) in [5, 5.41) is 11.6. The largest absolute Gasteiger partial charge is 0.497 e. The molecule has 1 heterocycles. The average Bonchev–Trinajstić information content (AvgIpc) is 3.14. The minimum Gasteiger partial charge on any atom is -0.497 e. The summed E-state index contributed by atoms with van der Waals surface area (Å²) in [4.78, 5) is 12.5. The summed E-state index contributed by atoms with van der Waals surface area (Å²) in [7, 11) is -2.20. The third-order valence-electron chi connectivity index (χ3n) is 4.00. The molecule has 1 amide bonds. The number of sulfonamides is 1. The van der Waals surface area contributed by atoms with Crippen molar-refractivity contribution in [3.8, 4) is 16.3 Å². The van der Waals surface area contributed by atoms with Gasteiger partial charge >= 0.3 is 0 Å². The number of hydrogen-bond donors (Lipinski definition) is 1. The Labute approximate surface area is 173 Å². The van der Waals surface area contributed by atoms with Crippen LogP contribution in [0.5, 0.6) is 5.75 Å². The van der Waals surface area contributed by atoms with Crippen molar-refractivity contribution in [2.45, 2.75) is 6.92 Å². The summed E-state index contributed by atoms with van der Waals surface area (Å²) in [6.07, 6.45) is 1.04. The van der Waals surface area contributed by atoms with Gasteiger partial charge in [0.25, 0.3) is 0 Å². The SMILES string of the molecule is COc1cccc(N(CC(=O)Nc2nnc(-c3ccc(C)cc3)s2)S(C)(=O)=O)c1. The third-order valence-corrected chi connectivity index (χ3v) is 6.03. The lowest BCUT2D eigenvalue weighted by Crippen LogP contribution is -2.37.